The number of quaternary nitrogens is 1. The highest BCUT2D eigenvalue weighted by Crippen LogP contribution is 2.32. The van der Waals surface area contributed by atoms with Crippen LogP contribution in [0.3, 0.4) is 0 Å². The van der Waals surface area contributed by atoms with Gasteiger partial charge in [0.1, 0.15) is 12.2 Å². The molecule has 1 heterocycles. The number of benzene rings is 1. The molecule has 0 aromatic heterocycles. The number of likely N-dealkylation sites (N-methyl/N-ethyl adjacent to an activating group) is 1. The van der Waals surface area contributed by atoms with Gasteiger partial charge in [-0.2, -0.15) is 0 Å². The molecule has 2 amide bonds. The SMILES string of the molecule is CCN(CC)C(=O)NCC[N+]1(C)CCc2ccccc21. The normalized spacial score (nSPS) is 20.6. The molecule has 1 aromatic carbocycles. The van der Waals surface area contributed by atoms with Crippen molar-refractivity contribution in [3.63, 3.8) is 0 Å². The zero-order valence-corrected chi connectivity index (χ0v) is 12.9. The van der Waals surface area contributed by atoms with Crippen LogP contribution in [0.25, 0.3) is 0 Å². The Morgan fingerprint density at radius 1 is 1.30 bits per heavy atom. The predicted molar refractivity (Wildman–Crippen MR) is 83.9 cm³/mol. The van der Waals surface area contributed by atoms with Crippen molar-refractivity contribution in [3.8, 4) is 0 Å². The van der Waals surface area contributed by atoms with Gasteiger partial charge in [-0.1, -0.05) is 18.2 Å². The van der Waals surface area contributed by atoms with E-state index in [1.165, 1.54) is 11.3 Å². The number of urea groups is 1. The molecule has 4 heteroatoms. The number of para-hydroxylation sites is 1. The maximum absolute atomic E-state index is 11.9. The first kappa shape index (κ1) is 14.9. The fraction of sp³-hybridized carbons (Fsp3) is 0.562. The molecule has 1 aliphatic heterocycles. The van der Waals surface area contributed by atoms with E-state index in [1.54, 1.807) is 0 Å². The van der Waals surface area contributed by atoms with Crippen molar-refractivity contribution >= 4 is 11.7 Å². The van der Waals surface area contributed by atoms with Crippen molar-refractivity contribution in [2.75, 3.05) is 39.8 Å². The highest BCUT2D eigenvalue weighted by atomic mass is 16.2. The predicted octanol–water partition coefficient (Wildman–Crippen LogP) is 2.23. The van der Waals surface area contributed by atoms with Crippen LogP contribution < -0.4 is 9.80 Å². The van der Waals surface area contributed by atoms with E-state index < -0.39 is 0 Å². The van der Waals surface area contributed by atoms with Gasteiger partial charge in [0.15, 0.2) is 0 Å². The molecule has 0 saturated heterocycles. The van der Waals surface area contributed by atoms with Gasteiger partial charge in [-0.15, -0.1) is 0 Å². The summed E-state index contributed by atoms with van der Waals surface area (Å²) in [4.78, 5) is 13.8. The largest absolute Gasteiger partial charge is 0.332 e. The number of fused-ring (bicyclic) bond motifs is 1. The summed E-state index contributed by atoms with van der Waals surface area (Å²) >= 11 is 0. The average molecular weight is 276 g/mol. The van der Waals surface area contributed by atoms with E-state index in [-0.39, 0.29) is 6.03 Å². The van der Waals surface area contributed by atoms with Crippen LogP contribution in [-0.4, -0.2) is 50.7 Å². The van der Waals surface area contributed by atoms with Crippen LogP contribution in [0.4, 0.5) is 10.5 Å². The first-order valence-electron chi connectivity index (χ1n) is 7.56. The second kappa shape index (κ2) is 6.27. The zero-order chi connectivity index (χ0) is 14.6. The van der Waals surface area contributed by atoms with Crippen molar-refractivity contribution in [2.45, 2.75) is 20.3 Å². The molecule has 2 rings (SSSR count). The highest BCUT2D eigenvalue weighted by molar-refractivity contribution is 5.74. The minimum absolute atomic E-state index is 0.0501. The molecule has 1 aliphatic rings. The number of nitrogens with one attached hydrogen (secondary N) is 1. The molecule has 0 bridgehead atoms. The topological polar surface area (TPSA) is 32.3 Å². The lowest BCUT2D eigenvalue weighted by Crippen LogP contribution is -2.50. The molecule has 1 atom stereocenters. The Morgan fingerprint density at radius 3 is 2.70 bits per heavy atom. The van der Waals surface area contributed by atoms with E-state index in [9.17, 15) is 4.79 Å². The van der Waals surface area contributed by atoms with Gasteiger partial charge in [0.05, 0.1) is 20.1 Å². The van der Waals surface area contributed by atoms with Crippen molar-refractivity contribution in [1.82, 2.24) is 14.7 Å². The van der Waals surface area contributed by atoms with Gasteiger partial charge in [0.25, 0.3) is 0 Å². The molecular weight excluding hydrogens is 250 g/mol. The van der Waals surface area contributed by atoms with Crippen LogP contribution in [0.5, 0.6) is 0 Å². The molecular formula is C16H26N3O+. The monoisotopic (exact) mass is 276 g/mol. The molecule has 110 valence electrons. The summed E-state index contributed by atoms with van der Waals surface area (Å²) in [7, 11) is 2.26. The summed E-state index contributed by atoms with van der Waals surface area (Å²) in [5.74, 6) is 0. The first-order valence-corrected chi connectivity index (χ1v) is 7.56. The number of carbonyl (C=O) groups is 1. The number of rotatable bonds is 5. The maximum Gasteiger partial charge on any atom is 0.317 e. The number of hydrogen-bond acceptors (Lipinski definition) is 1. The Labute approximate surface area is 122 Å². The number of nitrogens with zero attached hydrogens (tertiary/aromatic N) is 2. The molecule has 0 radical (unpaired) electrons. The van der Waals surface area contributed by atoms with Crippen LogP contribution in [-0.2, 0) is 6.42 Å². The summed E-state index contributed by atoms with van der Waals surface area (Å²) in [5.41, 5.74) is 2.86. The molecule has 1 aromatic rings. The zero-order valence-electron chi connectivity index (χ0n) is 12.9. The van der Waals surface area contributed by atoms with Crippen molar-refractivity contribution in [1.29, 1.82) is 0 Å². The van der Waals surface area contributed by atoms with Crippen LogP contribution >= 0.6 is 0 Å². The van der Waals surface area contributed by atoms with Crippen LogP contribution in [0.1, 0.15) is 19.4 Å². The van der Waals surface area contributed by atoms with Gasteiger partial charge >= 0.3 is 6.03 Å². The van der Waals surface area contributed by atoms with Crippen molar-refractivity contribution in [2.24, 2.45) is 0 Å². The minimum Gasteiger partial charge on any atom is -0.332 e. The van der Waals surface area contributed by atoms with E-state index in [1.807, 2.05) is 18.7 Å². The van der Waals surface area contributed by atoms with Crippen LogP contribution in [0.15, 0.2) is 24.3 Å². The van der Waals surface area contributed by atoms with Gasteiger partial charge in [-0.3, -0.25) is 4.48 Å². The van der Waals surface area contributed by atoms with Gasteiger partial charge in [-0.05, 0) is 19.9 Å². The highest BCUT2D eigenvalue weighted by Gasteiger charge is 2.33. The number of carbonyl (C=O) groups excluding carboxylic acids is 1. The Kier molecular flexibility index (Phi) is 4.65. The van der Waals surface area contributed by atoms with E-state index in [0.717, 1.165) is 43.6 Å². The summed E-state index contributed by atoms with van der Waals surface area (Å²) in [6.07, 6.45) is 1.14. The third-order valence-corrected chi connectivity index (χ3v) is 4.38. The molecule has 0 spiro atoms. The smallest absolute Gasteiger partial charge is 0.317 e. The molecule has 4 nitrogen and oxygen atoms in total. The van der Waals surface area contributed by atoms with E-state index in [0.29, 0.717) is 0 Å². The van der Waals surface area contributed by atoms with Crippen molar-refractivity contribution < 1.29 is 4.79 Å². The minimum atomic E-state index is 0.0501. The van der Waals surface area contributed by atoms with Crippen LogP contribution in [0, 0.1) is 0 Å². The van der Waals surface area contributed by atoms with Gasteiger partial charge in [0, 0.05) is 25.1 Å². The third kappa shape index (κ3) is 2.96. The summed E-state index contributed by atoms with van der Waals surface area (Å²) < 4.78 is 0.925. The van der Waals surface area contributed by atoms with E-state index >= 15 is 0 Å². The lowest BCUT2D eigenvalue weighted by molar-refractivity contribution is 0.201. The Balaban J connectivity index is 1.90. The third-order valence-electron chi connectivity index (χ3n) is 4.38. The van der Waals surface area contributed by atoms with Gasteiger partial charge < -0.3 is 10.2 Å². The summed E-state index contributed by atoms with van der Waals surface area (Å²) in [6.45, 7) is 8.33. The van der Waals surface area contributed by atoms with Gasteiger partial charge in [-0.25, -0.2) is 4.79 Å². The van der Waals surface area contributed by atoms with E-state index in [4.69, 9.17) is 0 Å². The Bertz CT molecular complexity index is 471. The second-order valence-electron chi connectivity index (χ2n) is 5.63. The summed E-state index contributed by atoms with van der Waals surface area (Å²) in [5, 5.41) is 3.04. The standard InChI is InChI=1S/C16H25N3O/c1-4-18(5-2)16(20)17-11-13-19(3)12-10-14-8-6-7-9-15(14)19/h6-9H,4-5,10-13H2,1-3H3/p+1. The fourth-order valence-electron chi connectivity index (χ4n) is 3.00. The molecule has 1 unspecified atom stereocenters. The molecule has 1 N–H and O–H groups in total. The number of hydrogen-bond donors (Lipinski definition) is 1. The average Bonchev–Trinajstić information content (AvgIpc) is 2.79. The van der Waals surface area contributed by atoms with E-state index in [2.05, 4.69) is 36.6 Å². The Hall–Kier alpha value is -1.55. The number of amides is 2. The van der Waals surface area contributed by atoms with Gasteiger partial charge in [0.2, 0.25) is 0 Å². The maximum atomic E-state index is 11.9. The Morgan fingerprint density at radius 2 is 2.00 bits per heavy atom. The molecule has 20 heavy (non-hydrogen) atoms. The molecule has 0 aliphatic carbocycles. The second-order valence-corrected chi connectivity index (χ2v) is 5.63. The van der Waals surface area contributed by atoms with Crippen molar-refractivity contribution in [3.05, 3.63) is 29.8 Å². The molecule has 0 fully saturated rings. The molecule has 0 saturated carbocycles. The summed E-state index contributed by atoms with van der Waals surface area (Å²) in [6, 6.07) is 8.70. The quantitative estimate of drug-likeness (QED) is 0.822. The fourth-order valence-corrected chi connectivity index (χ4v) is 3.00. The first-order chi connectivity index (χ1) is 9.60. The van der Waals surface area contributed by atoms with Crippen LogP contribution in [0.2, 0.25) is 0 Å². The lowest BCUT2D eigenvalue weighted by Gasteiger charge is -2.30. The lowest BCUT2D eigenvalue weighted by atomic mass is 10.2.